The minimum absolute atomic E-state index is 0.0301. The van der Waals surface area contributed by atoms with E-state index in [0.717, 1.165) is 0 Å². The first kappa shape index (κ1) is 19.7. The summed E-state index contributed by atoms with van der Waals surface area (Å²) in [6.45, 7) is 0. The second-order valence-electron chi connectivity index (χ2n) is 7.59. The molecule has 0 spiro atoms. The Hall–Kier alpha value is -3.61. The average molecular weight is 406 g/mol. The Morgan fingerprint density at radius 2 is 1.57 bits per heavy atom. The van der Waals surface area contributed by atoms with Gasteiger partial charge < -0.3 is 20.5 Å². The fraction of sp³-hybridized carbons (Fsp3) is 0.261. The number of carboxylic acids is 1. The van der Waals surface area contributed by atoms with Crippen LogP contribution in [0.1, 0.15) is 16.8 Å². The summed E-state index contributed by atoms with van der Waals surface area (Å²) in [6.07, 6.45) is 4.57. The van der Waals surface area contributed by atoms with Crippen LogP contribution in [0.25, 0.3) is 0 Å². The predicted molar refractivity (Wildman–Crippen MR) is 111 cm³/mol. The molecule has 7 heteroatoms. The zero-order valence-corrected chi connectivity index (χ0v) is 16.4. The molecule has 0 aliphatic heterocycles. The van der Waals surface area contributed by atoms with Crippen LogP contribution in [0.3, 0.4) is 0 Å². The number of hydrogen-bond acceptors (Lipinski definition) is 4. The molecule has 1 saturated carbocycles. The molecule has 0 radical (unpaired) electrons. The molecular formula is C23H22N2O5. The first-order valence-corrected chi connectivity index (χ1v) is 9.73. The number of aliphatic carboxylic acids is 1. The van der Waals surface area contributed by atoms with Gasteiger partial charge in [0.05, 0.1) is 18.9 Å². The van der Waals surface area contributed by atoms with Gasteiger partial charge in [-0.1, -0.05) is 18.2 Å². The number of carbonyl (C=O) groups is 3. The van der Waals surface area contributed by atoms with E-state index in [1.165, 1.54) is 7.11 Å². The second kappa shape index (κ2) is 8.02. The number of anilines is 2. The Bertz CT molecular complexity index is 1010. The third-order valence-electron chi connectivity index (χ3n) is 5.79. The van der Waals surface area contributed by atoms with Crippen molar-refractivity contribution in [3.8, 4) is 5.75 Å². The Morgan fingerprint density at radius 3 is 2.20 bits per heavy atom. The highest BCUT2D eigenvalue weighted by molar-refractivity contribution is 6.04. The molecule has 1 fully saturated rings. The number of methoxy groups -OCH3 is 1. The fourth-order valence-electron chi connectivity index (χ4n) is 4.35. The third kappa shape index (κ3) is 3.78. The quantitative estimate of drug-likeness (QED) is 0.638. The van der Waals surface area contributed by atoms with Gasteiger partial charge in [-0.25, -0.2) is 0 Å². The molecule has 2 aliphatic carbocycles. The van der Waals surface area contributed by atoms with Crippen LogP contribution in [-0.2, 0) is 9.59 Å². The summed E-state index contributed by atoms with van der Waals surface area (Å²) >= 11 is 0. The SMILES string of the molecule is COc1cccc(C(=O)Nc2ccc(NC(=O)[C@@H]3[C@@H](C(=O)O)[C@@H]4C=C[C@H]3C4)cc2)c1. The van der Waals surface area contributed by atoms with E-state index in [4.69, 9.17) is 4.74 Å². The first-order valence-electron chi connectivity index (χ1n) is 9.73. The lowest BCUT2D eigenvalue weighted by atomic mass is 9.82. The number of nitrogens with one attached hydrogen (secondary N) is 2. The first-order chi connectivity index (χ1) is 14.5. The van der Waals surface area contributed by atoms with Crippen LogP contribution in [0.2, 0.25) is 0 Å². The van der Waals surface area contributed by atoms with Gasteiger partial charge in [-0.2, -0.15) is 0 Å². The van der Waals surface area contributed by atoms with E-state index in [2.05, 4.69) is 10.6 Å². The van der Waals surface area contributed by atoms with Crippen molar-refractivity contribution >= 4 is 29.2 Å². The van der Waals surface area contributed by atoms with Crippen molar-refractivity contribution in [2.24, 2.45) is 23.7 Å². The van der Waals surface area contributed by atoms with Crippen LogP contribution in [0.15, 0.2) is 60.7 Å². The molecule has 0 unspecified atom stereocenters. The summed E-state index contributed by atoms with van der Waals surface area (Å²) in [7, 11) is 1.54. The lowest BCUT2D eigenvalue weighted by molar-refractivity contribution is -0.146. The molecule has 154 valence electrons. The minimum Gasteiger partial charge on any atom is -0.497 e. The maximum absolute atomic E-state index is 12.7. The molecule has 0 saturated heterocycles. The molecule has 0 aromatic heterocycles. The molecule has 7 nitrogen and oxygen atoms in total. The van der Waals surface area contributed by atoms with Gasteiger partial charge in [0.2, 0.25) is 5.91 Å². The fourth-order valence-corrected chi connectivity index (χ4v) is 4.35. The van der Waals surface area contributed by atoms with E-state index in [1.54, 1.807) is 48.5 Å². The highest BCUT2D eigenvalue weighted by Gasteiger charge is 2.51. The van der Waals surface area contributed by atoms with Crippen molar-refractivity contribution in [3.05, 3.63) is 66.2 Å². The number of rotatable bonds is 6. The molecule has 2 aromatic carbocycles. The van der Waals surface area contributed by atoms with Crippen molar-refractivity contribution in [1.29, 1.82) is 0 Å². The van der Waals surface area contributed by atoms with Crippen molar-refractivity contribution in [2.75, 3.05) is 17.7 Å². The normalized spacial score (nSPS) is 23.8. The van der Waals surface area contributed by atoms with Gasteiger partial charge in [-0.15, -0.1) is 0 Å². The number of amides is 2. The van der Waals surface area contributed by atoms with Crippen molar-refractivity contribution in [3.63, 3.8) is 0 Å². The maximum atomic E-state index is 12.7. The lowest BCUT2D eigenvalue weighted by Crippen LogP contribution is -2.36. The van der Waals surface area contributed by atoms with Gasteiger partial charge in [0.25, 0.3) is 5.91 Å². The predicted octanol–water partition coefficient (Wildman–Crippen LogP) is 3.41. The van der Waals surface area contributed by atoms with E-state index in [-0.39, 0.29) is 23.7 Å². The summed E-state index contributed by atoms with van der Waals surface area (Å²) in [5.74, 6) is -2.24. The van der Waals surface area contributed by atoms with Crippen molar-refractivity contribution in [1.82, 2.24) is 0 Å². The number of hydrogen-bond donors (Lipinski definition) is 3. The number of carboxylic acid groups (broad SMARTS) is 1. The summed E-state index contributed by atoms with van der Waals surface area (Å²) in [5, 5.41) is 15.1. The number of carbonyl (C=O) groups excluding carboxylic acids is 2. The number of benzene rings is 2. The molecule has 2 aliphatic rings. The molecule has 0 heterocycles. The highest BCUT2D eigenvalue weighted by Crippen LogP contribution is 2.48. The average Bonchev–Trinajstić information content (AvgIpc) is 3.37. The van der Waals surface area contributed by atoms with Gasteiger partial charge in [0.1, 0.15) is 5.75 Å². The molecule has 2 bridgehead atoms. The van der Waals surface area contributed by atoms with Crippen LogP contribution in [-0.4, -0.2) is 30.0 Å². The van der Waals surface area contributed by atoms with Gasteiger partial charge in [0.15, 0.2) is 0 Å². The molecular weight excluding hydrogens is 384 g/mol. The summed E-state index contributed by atoms with van der Waals surface area (Å²) < 4.78 is 5.13. The molecule has 4 rings (SSSR count). The Morgan fingerprint density at radius 1 is 0.933 bits per heavy atom. The van der Waals surface area contributed by atoms with Gasteiger partial charge in [-0.05, 0) is 60.7 Å². The smallest absolute Gasteiger partial charge is 0.307 e. The minimum atomic E-state index is -0.928. The number of allylic oxidation sites excluding steroid dienone is 2. The topological polar surface area (TPSA) is 105 Å². The van der Waals surface area contributed by atoms with Crippen LogP contribution in [0.4, 0.5) is 11.4 Å². The Kier molecular flexibility index (Phi) is 5.27. The van der Waals surface area contributed by atoms with Crippen molar-refractivity contribution < 1.29 is 24.2 Å². The molecule has 30 heavy (non-hydrogen) atoms. The summed E-state index contributed by atoms with van der Waals surface area (Å²) in [4.78, 5) is 36.7. The highest BCUT2D eigenvalue weighted by atomic mass is 16.5. The zero-order valence-electron chi connectivity index (χ0n) is 16.4. The second-order valence-corrected chi connectivity index (χ2v) is 7.59. The third-order valence-corrected chi connectivity index (χ3v) is 5.79. The van der Waals surface area contributed by atoms with E-state index >= 15 is 0 Å². The molecule has 3 N–H and O–H groups in total. The Balaban J connectivity index is 1.40. The monoisotopic (exact) mass is 406 g/mol. The van der Waals surface area contributed by atoms with E-state index < -0.39 is 17.8 Å². The maximum Gasteiger partial charge on any atom is 0.307 e. The van der Waals surface area contributed by atoms with E-state index in [0.29, 0.717) is 29.1 Å². The summed E-state index contributed by atoms with van der Waals surface area (Å²) in [6, 6.07) is 13.6. The van der Waals surface area contributed by atoms with Crippen LogP contribution < -0.4 is 15.4 Å². The number of fused-ring (bicyclic) bond motifs is 2. The zero-order chi connectivity index (χ0) is 21.3. The van der Waals surface area contributed by atoms with Crippen LogP contribution >= 0.6 is 0 Å². The largest absolute Gasteiger partial charge is 0.497 e. The standard InChI is InChI=1S/C23H22N2O5/c1-30-18-4-2-3-15(12-18)21(26)24-16-7-9-17(10-8-16)25-22(27)19-13-5-6-14(11-13)20(19)23(28)29/h2-10,12-14,19-20H,11H2,1H3,(H,24,26)(H,25,27)(H,28,29)/t13-,14+,19-,20-/m0/s1. The number of ether oxygens (including phenoxy) is 1. The molecule has 2 amide bonds. The van der Waals surface area contributed by atoms with Gasteiger partial charge >= 0.3 is 5.97 Å². The van der Waals surface area contributed by atoms with E-state index in [9.17, 15) is 19.5 Å². The molecule has 4 atom stereocenters. The Labute approximate surface area is 173 Å². The van der Waals surface area contributed by atoms with Crippen LogP contribution in [0.5, 0.6) is 5.75 Å². The molecule has 2 aromatic rings. The lowest BCUT2D eigenvalue weighted by Gasteiger charge is -2.23. The van der Waals surface area contributed by atoms with Gasteiger partial charge in [-0.3, -0.25) is 14.4 Å². The van der Waals surface area contributed by atoms with Gasteiger partial charge in [0, 0.05) is 16.9 Å². The van der Waals surface area contributed by atoms with E-state index in [1.807, 2.05) is 12.2 Å². The van der Waals surface area contributed by atoms with Crippen LogP contribution in [0, 0.1) is 23.7 Å². The summed E-state index contributed by atoms with van der Waals surface area (Å²) in [5.41, 5.74) is 1.60. The van der Waals surface area contributed by atoms with Crippen molar-refractivity contribution in [2.45, 2.75) is 6.42 Å².